The van der Waals surface area contributed by atoms with Crippen LogP contribution in [0.1, 0.15) is 78.6 Å². The van der Waals surface area contributed by atoms with E-state index in [-0.39, 0.29) is 17.8 Å². The van der Waals surface area contributed by atoms with Gasteiger partial charge in [0.15, 0.2) is 12.4 Å². The van der Waals surface area contributed by atoms with Gasteiger partial charge in [0.2, 0.25) is 5.78 Å². The third-order valence-corrected chi connectivity index (χ3v) is 10.4. The second-order valence-corrected chi connectivity index (χ2v) is 11.2. The SMILES string of the molecule is COC1(OC)CCC2(C)C(CCC3C2CCC2(C)C3CCC2(O)C(=O)COC(C)=O)C1. The van der Waals surface area contributed by atoms with Crippen molar-refractivity contribution in [2.75, 3.05) is 20.8 Å². The van der Waals surface area contributed by atoms with Gasteiger partial charge in [-0.25, -0.2) is 0 Å². The van der Waals surface area contributed by atoms with Crippen molar-refractivity contribution in [2.24, 2.45) is 34.5 Å². The maximum Gasteiger partial charge on any atom is 0.303 e. The lowest BCUT2D eigenvalue weighted by Gasteiger charge is -2.62. The molecule has 0 aromatic heterocycles. The molecule has 0 amide bonds. The van der Waals surface area contributed by atoms with Crippen molar-refractivity contribution in [1.82, 2.24) is 0 Å². The van der Waals surface area contributed by atoms with Crippen molar-refractivity contribution in [1.29, 1.82) is 0 Å². The minimum absolute atomic E-state index is 0.257. The number of ketones is 1. The van der Waals surface area contributed by atoms with Crippen LogP contribution >= 0.6 is 0 Å². The summed E-state index contributed by atoms with van der Waals surface area (Å²) in [7, 11) is 3.52. The van der Waals surface area contributed by atoms with Gasteiger partial charge < -0.3 is 19.3 Å². The second-order valence-electron chi connectivity index (χ2n) is 11.2. The first-order valence-electron chi connectivity index (χ1n) is 12.0. The number of ether oxygens (including phenoxy) is 3. The lowest BCUT2D eigenvalue weighted by molar-refractivity contribution is -0.262. The molecular weight excluding hydrogens is 396 g/mol. The minimum Gasteiger partial charge on any atom is -0.458 e. The normalized spacial score (nSPS) is 45.9. The number of fused-ring (bicyclic) bond motifs is 5. The van der Waals surface area contributed by atoms with E-state index in [4.69, 9.17) is 14.2 Å². The van der Waals surface area contributed by atoms with E-state index < -0.39 is 22.8 Å². The van der Waals surface area contributed by atoms with Crippen molar-refractivity contribution in [3.05, 3.63) is 0 Å². The molecule has 7 unspecified atom stereocenters. The molecule has 4 aliphatic carbocycles. The summed E-state index contributed by atoms with van der Waals surface area (Å²) in [5.74, 6) is 0.817. The van der Waals surface area contributed by atoms with Crippen LogP contribution in [0.15, 0.2) is 0 Å². The molecule has 0 aliphatic heterocycles. The Balaban J connectivity index is 1.55. The Bertz CT molecular complexity index is 732. The van der Waals surface area contributed by atoms with Gasteiger partial charge in [-0.2, -0.15) is 0 Å². The Hall–Kier alpha value is -0.980. The lowest BCUT2D eigenvalue weighted by Crippen LogP contribution is -2.60. The first kappa shape index (κ1) is 23.2. The summed E-state index contributed by atoms with van der Waals surface area (Å²) in [6.07, 6.45) is 8.51. The highest BCUT2D eigenvalue weighted by molar-refractivity contribution is 5.90. The summed E-state index contributed by atoms with van der Waals surface area (Å²) >= 11 is 0. The van der Waals surface area contributed by atoms with E-state index in [9.17, 15) is 14.7 Å². The Morgan fingerprint density at radius 2 is 1.61 bits per heavy atom. The van der Waals surface area contributed by atoms with Crippen LogP contribution in [0.4, 0.5) is 0 Å². The molecule has 4 rings (SSSR count). The van der Waals surface area contributed by atoms with Crippen molar-refractivity contribution < 1.29 is 28.9 Å². The van der Waals surface area contributed by atoms with Crippen molar-refractivity contribution >= 4 is 11.8 Å². The van der Waals surface area contributed by atoms with Crippen LogP contribution in [0.2, 0.25) is 0 Å². The van der Waals surface area contributed by atoms with Crippen LogP contribution in [-0.2, 0) is 23.8 Å². The van der Waals surface area contributed by atoms with Crippen molar-refractivity contribution in [3.63, 3.8) is 0 Å². The van der Waals surface area contributed by atoms with Gasteiger partial charge in [-0.15, -0.1) is 0 Å². The molecule has 7 atom stereocenters. The van der Waals surface area contributed by atoms with Gasteiger partial charge in [-0.3, -0.25) is 9.59 Å². The fourth-order valence-electron chi connectivity index (χ4n) is 8.41. The van der Waals surface area contributed by atoms with E-state index in [0.717, 1.165) is 51.4 Å². The van der Waals surface area contributed by atoms with Crippen LogP contribution in [0.3, 0.4) is 0 Å². The molecule has 4 aliphatic rings. The molecule has 0 bridgehead atoms. The Labute approximate surface area is 186 Å². The molecule has 0 saturated heterocycles. The first-order valence-corrected chi connectivity index (χ1v) is 12.0. The molecule has 4 fully saturated rings. The van der Waals surface area contributed by atoms with Gasteiger partial charge in [0.1, 0.15) is 5.60 Å². The van der Waals surface area contributed by atoms with Crippen molar-refractivity contribution in [3.8, 4) is 0 Å². The fourth-order valence-corrected chi connectivity index (χ4v) is 8.41. The number of aliphatic hydroxyl groups is 1. The Morgan fingerprint density at radius 1 is 0.935 bits per heavy atom. The maximum absolute atomic E-state index is 13.0. The summed E-state index contributed by atoms with van der Waals surface area (Å²) in [4.78, 5) is 24.2. The summed E-state index contributed by atoms with van der Waals surface area (Å²) < 4.78 is 16.6. The predicted octanol–water partition coefficient (Wildman–Crippen LogP) is 3.88. The average Bonchev–Trinajstić information content (AvgIpc) is 3.03. The second kappa shape index (κ2) is 7.81. The Morgan fingerprint density at radius 3 is 2.26 bits per heavy atom. The third-order valence-electron chi connectivity index (χ3n) is 10.4. The summed E-state index contributed by atoms with van der Waals surface area (Å²) in [6, 6.07) is 0. The fraction of sp³-hybridized carbons (Fsp3) is 0.920. The summed E-state index contributed by atoms with van der Waals surface area (Å²) in [5.41, 5.74) is -1.57. The molecule has 31 heavy (non-hydrogen) atoms. The molecule has 0 spiro atoms. The molecule has 4 saturated carbocycles. The largest absolute Gasteiger partial charge is 0.458 e. The molecule has 176 valence electrons. The van der Waals surface area contributed by atoms with Crippen LogP contribution < -0.4 is 0 Å². The van der Waals surface area contributed by atoms with Gasteiger partial charge in [-0.1, -0.05) is 13.8 Å². The van der Waals surface area contributed by atoms with E-state index in [1.54, 1.807) is 14.2 Å². The van der Waals surface area contributed by atoms with Gasteiger partial charge in [-0.05, 0) is 74.0 Å². The third kappa shape index (κ3) is 3.31. The molecule has 0 radical (unpaired) electrons. The number of rotatable bonds is 5. The topological polar surface area (TPSA) is 82.1 Å². The highest BCUT2D eigenvalue weighted by atomic mass is 16.7. The standard InChI is InChI=1S/C25H40O6/c1-16(26)31-15-21(27)25(28)11-9-20-18-7-6-17-14-24(29-4,30-5)13-12-22(17,2)19(18)8-10-23(20,25)3/h17-20,28H,6-15H2,1-5H3. The zero-order chi connectivity index (χ0) is 22.7. The Kier molecular flexibility index (Phi) is 5.84. The minimum atomic E-state index is -1.39. The molecule has 0 heterocycles. The number of methoxy groups -OCH3 is 2. The molecule has 1 N–H and O–H groups in total. The van der Waals surface area contributed by atoms with Gasteiger partial charge in [0, 0.05) is 39.4 Å². The van der Waals surface area contributed by atoms with Crippen LogP contribution in [0.5, 0.6) is 0 Å². The first-order chi connectivity index (χ1) is 14.6. The van der Waals surface area contributed by atoms with Gasteiger partial charge in [0.05, 0.1) is 0 Å². The van der Waals surface area contributed by atoms with Gasteiger partial charge in [0.25, 0.3) is 0 Å². The molecule has 0 aromatic carbocycles. The van der Waals surface area contributed by atoms with Crippen LogP contribution in [-0.4, -0.2) is 49.1 Å². The molecule has 6 heteroatoms. The average molecular weight is 437 g/mol. The quantitative estimate of drug-likeness (QED) is 0.520. The monoisotopic (exact) mass is 436 g/mol. The van der Waals surface area contributed by atoms with E-state index in [1.807, 2.05) is 0 Å². The van der Waals surface area contributed by atoms with Crippen LogP contribution in [0, 0.1) is 34.5 Å². The number of hydrogen-bond donors (Lipinski definition) is 1. The number of carbonyl (C=O) groups excluding carboxylic acids is 2. The molecule has 6 nitrogen and oxygen atoms in total. The summed E-state index contributed by atoms with van der Waals surface area (Å²) in [6.45, 7) is 5.56. The smallest absolute Gasteiger partial charge is 0.303 e. The number of Topliss-reactive ketones (excluding diaryl/α,β-unsaturated/α-hetero) is 1. The zero-order valence-corrected chi connectivity index (χ0v) is 19.9. The molecular formula is C25H40O6. The van der Waals surface area contributed by atoms with Crippen molar-refractivity contribution in [2.45, 2.75) is 89.9 Å². The predicted molar refractivity (Wildman–Crippen MR) is 115 cm³/mol. The summed E-state index contributed by atoms with van der Waals surface area (Å²) in [5, 5.41) is 11.6. The number of hydrogen-bond acceptors (Lipinski definition) is 6. The highest BCUT2D eigenvalue weighted by Gasteiger charge is 2.67. The lowest BCUT2D eigenvalue weighted by atomic mass is 9.44. The zero-order valence-electron chi connectivity index (χ0n) is 19.9. The van der Waals surface area contributed by atoms with E-state index in [0.29, 0.717) is 30.1 Å². The van der Waals surface area contributed by atoms with Crippen LogP contribution in [0.25, 0.3) is 0 Å². The highest BCUT2D eigenvalue weighted by Crippen LogP contribution is 2.69. The van der Waals surface area contributed by atoms with E-state index >= 15 is 0 Å². The maximum atomic E-state index is 13.0. The van der Waals surface area contributed by atoms with E-state index in [1.165, 1.54) is 6.92 Å². The number of carbonyl (C=O) groups is 2. The molecule has 0 aromatic rings. The number of esters is 1. The van der Waals surface area contributed by atoms with E-state index in [2.05, 4.69) is 13.8 Å². The van der Waals surface area contributed by atoms with Gasteiger partial charge >= 0.3 is 5.97 Å².